The smallest absolute Gasteiger partial charge is 0.462 e. The van der Waals surface area contributed by atoms with Gasteiger partial charge in [-0.05, 0) is 25.7 Å². The highest BCUT2D eigenvalue weighted by Crippen LogP contribution is 2.45. The third kappa shape index (κ3) is 64.8. The van der Waals surface area contributed by atoms with Crippen molar-refractivity contribution >= 4 is 39.5 Å². The van der Waals surface area contributed by atoms with Gasteiger partial charge in [0.2, 0.25) is 0 Å². The minimum Gasteiger partial charge on any atom is -0.462 e. The number of ether oxygens (including phenoxy) is 4. The molecule has 0 aromatic heterocycles. The van der Waals surface area contributed by atoms with Crippen LogP contribution in [0.4, 0.5) is 0 Å². The highest BCUT2D eigenvalue weighted by Gasteiger charge is 2.30. The van der Waals surface area contributed by atoms with Crippen LogP contribution >= 0.6 is 15.6 Å². The number of hydrogen-bond donors (Lipinski definition) is 3. The van der Waals surface area contributed by atoms with Crippen LogP contribution in [0.3, 0.4) is 0 Å². The molecular weight excluding hydrogens is 1190 g/mol. The Hall–Kier alpha value is -1.94. The van der Waals surface area contributed by atoms with Gasteiger partial charge in [-0.25, -0.2) is 9.13 Å². The maximum atomic E-state index is 13.0. The molecule has 0 spiro atoms. The van der Waals surface area contributed by atoms with E-state index in [1.165, 1.54) is 205 Å². The summed E-state index contributed by atoms with van der Waals surface area (Å²) < 4.78 is 68.3. The molecule has 3 N–H and O–H groups in total. The summed E-state index contributed by atoms with van der Waals surface area (Å²) in [7, 11) is -9.90. The Kier molecular flexibility index (Phi) is 64.3. The summed E-state index contributed by atoms with van der Waals surface area (Å²) in [6, 6.07) is 0. The van der Waals surface area contributed by atoms with Crippen LogP contribution in [0, 0.1) is 0 Å². The van der Waals surface area contributed by atoms with Gasteiger partial charge in [0.15, 0.2) is 12.2 Å². The third-order valence-corrected chi connectivity index (χ3v) is 18.5. The molecule has 19 heteroatoms. The third-order valence-electron chi connectivity index (χ3n) is 16.6. The first kappa shape index (κ1) is 88.1. The van der Waals surface area contributed by atoms with Crippen LogP contribution < -0.4 is 0 Å². The fourth-order valence-corrected chi connectivity index (χ4v) is 12.4. The van der Waals surface area contributed by atoms with Crippen LogP contribution in [-0.4, -0.2) is 96.7 Å². The van der Waals surface area contributed by atoms with Crippen molar-refractivity contribution in [2.75, 3.05) is 39.6 Å². The second kappa shape index (κ2) is 65.7. The molecule has 0 bridgehead atoms. The number of hydrogen-bond acceptors (Lipinski definition) is 15. The average molecular weight is 1330 g/mol. The maximum Gasteiger partial charge on any atom is 0.472 e. The molecule has 0 rings (SSSR count). The van der Waals surface area contributed by atoms with E-state index in [1.54, 1.807) is 0 Å². The summed E-state index contributed by atoms with van der Waals surface area (Å²) in [5.74, 6) is -2.12. The van der Waals surface area contributed by atoms with E-state index in [9.17, 15) is 43.2 Å². The highest BCUT2D eigenvalue weighted by molar-refractivity contribution is 7.47. The number of rotatable bonds is 72. The Bertz CT molecular complexity index is 1720. The lowest BCUT2D eigenvalue weighted by molar-refractivity contribution is -0.161. The van der Waals surface area contributed by atoms with Gasteiger partial charge in [-0.2, -0.15) is 0 Å². The van der Waals surface area contributed by atoms with Crippen LogP contribution in [0.15, 0.2) is 0 Å². The van der Waals surface area contributed by atoms with E-state index >= 15 is 0 Å². The number of unbranched alkanes of at least 4 members (excludes halogenated alkanes) is 46. The van der Waals surface area contributed by atoms with Crippen LogP contribution in [0.25, 0.3) is 0 Å². The molecule has 534 valence electrons. The lowest BCUT2D eigenvalue weighted by Gasteiger charge is -2.21. The van der Waals surface area contributed by atoms with E-state index in [2.05, 4.69) is 27.7 Å². The lowest BCUT2D eigenvalue weighted by atomic mass is 10.0. The molecule has 0 radical (unpaired) electrons. The summed E-state index contributed by atoms with van der Waals surface area (Å²) in [5, 5.41) is 10.6. The van der Waals surface area contributed by atoms with Gasteiger partial charge in [0.25, 0.3) is 0 Å². The number of aliphatic hydroxyl groups excluding tert-OH is 1. The summed E-state index contributed by atoms with van der Waals surface area (Å²) in [4.78, 5) is 72.5. The second-order valence-electron chi connectivity index (χ2n) is 25.6. The van der Waals surface area contributed by atoms with Gasteiger partial charge in [-0.1, -0.05) is 323 Å². The van der Waals surface area contributed by atoms with Crippen LogP contribution in [0.5, 0.6) is 0 Å². The summed E-state index contributed by atoms with van der Waals surface area (Å²) in [5.41, 5.74) is 0. The van der Waals surface area contributed by atoms with E-state index in [0.29, 0.717) is 25.7 Å². The van der Waals surface area contributed by atoms with Gasteiger partial charge in [0.05, 0.1) is 26.4 Å². The number of esters is 4. The van der Waals surface area contributed by atoms with Crippen LogP contribution in [-0.2, 0) is 65.4 Å². The number of phosphoric ester groups is 2. The zero-order valence-electron chi connectivity index (χ0n) is 58.1. The molecule has 0 heterocycles. The molecule has 0 aliphatic rings. The van der Waals surface area contributed by atoms with Crippen LogP contribution in [0.2, 0.25) is 0 Å². The molecule has 0 saturated carbocycles. The number of carbonyl (C=O) groups excluding carboxylic acids is 4. The molecule has 2 unspecified atom stereocenters. The molecule has 5 atom stereocenters. The molecule has 0 aliphatic heterocycles. The van der Waals surface area contributed by atoms with Crippen molar-refractivity contribution in [2.45, 2.75) is 393 Å². The fraction of sp³-hybridized carbons (Fsp3) is 0.944. The van der Waals surface area contributed by atoms with Crippen molar-refractivity contribution in [3.8, 4) is 0 Å². The normalized spacial score (nSPS) is 14.0. The van der Waals surface area contributed by atoms with E-state index in [-0.39, 0.29) is 25.7 Å². The first-order valence-electron chi connectivity index (χ1n) is 37.3. The van der Waals surface area contributed by atoms with Crippen molar-refractivity contribution in [1.29, 1.82) is 0 Å². The zero-order chi connectivity index (χ0) is 66.1. The Morgan fingerprint density at radius 1 is 0.267 bits per heavy atom. The number of aliphatic hydroxyl groups is 1. The van der Waals surface area contributed by atoms with Gasteiger partial charge >= 0.3 is 39.5 Å². The monoisotopic (exact) mass is 1320 g/mol. The largest absolute Gasteiger partial charge is 0.472 e. The quantitative estimate of drug-likeness (QED) is 0.0222. The topological polar surface area (TPSA) is 237 Å². The van der Waals surface area contributed by atoms with Crippen molar-refractivity contribution in [2.24, 2.45) is 0 Å². The van der Waals surface area contributed by atoms with E-state index in [1.807, 2.05) is 0 Å². The Morgan fingerprint density at radius 3 is 0.656 bits per heavy atom. The highest BCUT2D eigenvalue weighted by atomic mass is 31.2. The second-order valence-corrected chi connectivity index (χ2v) is 28.5. The average Bonchev–Trinajstić information content (AvgIpc) is 3.15. The van der Waals surface area contributed by atoms with Gasteiger partial charge in [0.1, 0.15) is 19.3 Å². The predicted octanol–water partition coefficient (Wildman–Crippen LogP) is 20.7. The van der Waals surface area contributed by atoms with Crippen molar-refractivity contribution < 1.29 is 80.2 Å². The predicted molar refractivity (Wildman–Crippen MR) is 363 cm³/mol. The van der Waals surface area contributed by atoms with Gasteiger partial charge in [-0.15, -0.1) is 0 Å². The molecular formula is C71H138O17P2. The van der Waals surface area contributed by atoms with E-state index < -0.39 is 97.5 Å². The SMILES string of the molecule is CCCCCCCCCCCCCCCCCCC(=O)O[C@H](COC(=O)CCCCCCCCCCCCCCC)COP(=O)(O)OC[C@@H](O)COP(=O)(O)OC[C@@H](COC(=O)CCCCCCCCCCC)OC(=O)CCCCCCCCCCCCCC. The van der Waals surface area contributed by atoms with Gasteiger partial charge < -0.3 is 33.8 Å². The Balaban J connectivity index is 5.23. The molecule has 0 amide bonds. The molecule has 0 aromatic rings. The molecule has 0 aromatic carbocycles. The first-order chi connectivity index (χ1) is 43.7. The lowest BCUT2D eigenvalue weighted by Crippen LogP contribution is -2.30. The molecule has 90 heavy (non-hydrogen) atoms. The first-order valence-corrected chi connectivity index (χ1v) is 40.3. The molecule has 0 fully saturated rings. The van der Waals surface area contributed by atoms with Gasteiger partial charge in [-0.3, -0.25) is 37.3 Å². The Labute approximate surface area is 549 Å². The molecule has 0 saturated heterocycles. The summed E-state index contributed by atoms with van der Waals surface area (Å²) >= 11 is 0. The minimum absolute atomic E-state index is 0.108. The maximum absolute atomic E-state index is 13.0. The van der Waals surface area contributed by atoms with E-state index in [0.717, 1.165) is 89.9 Å². The molecule has 17 nitrogen and oxygen atoms in total. The Morgan fingerprint density at radius 2 is 0.444 bits per heavy atom. The number of carbonyl (C=O) groups is 4. The van der Waals surface area contributed by atoms with Crippen molar-refractivity contribution in [3.63, 3.8) is 0 Å². The van der Waals surface area contributed by atoms with Gasteiger partial charge in [0, 0.05) is 25.7 Å². The number of phosphoric acid groups is 2. The zero-order valence-corrected chi connectivity index (χ0v) is 59.9. The van der Waals surface area contributed by atoms with Crippen LogP contribution in [0.1, 0.15) is 374 Å². The van der Waals surface area contributed by atoms with Crippen molar-refractivity contribution in [3.05, 3.63) is 0 Å². The fourth-order valence-electron chi connectivity index (χ4n) is 10.9. The standard InChI is InChI=1S/C71H138O17P2/c1-5-9-13-17-21-25-28-31-32-33-35-38-42-46-50-54-58-71(76)88-67(62-82-69(74)56-52-48-44-40-37-34-29-26-22-18-14-10-6-2)64-86-90(79,80)84-60-65(72)59-83-89(77,78)85-63-66(61-81-68(73)55-51-47-43-39-24-20-16-12-8-4)87-70(75)57-53-49-45-41-36-30-27-23-19-15-11-7-3/h65-67,72H,5-64H2,1-4H3,(H,77,78)(H,79,80)/t65-,66+,67+/m0/s1. The van der Waals surface area contributed by atoms with Crippen molar-refractivity contribution in [1.82, 2.24) is 0 Å². The summed E-state index contributed by atoms with van der Waals surface area (Å²) in [6.07, 6.45) is 53.9. The molecule has 0 aliphatic carbocycles. The van der Waals surface area contributed by atoms with E-state index in [4.69, 9.17) is 37.0 Å². The minimum atomic E-state index is -4.95. The summed E-state index contributed by atoms with van der Waals surface area (Å²) in [6.45, 7) is 4.95.